The fourth-order valence-electron chi connectivity index (χ4n) is 5.80. The third-order valence-corrected chi connectivity index (χ3v) is 11.4. The van der Waals surface area contributed by atoms with E-state index in [1.54, 1.807) is 0 Å². The molecule has 0 unspecified atom stereocenters. The molecular formula is C30H67N3O2Si. The van der Waals surface area contributed by atoms with Crippen molar-refractivity contribution in [1.82, 2.24) is 14.7 Å². The molecule has 36 heavy (non-hydrogen) atoms. The van der Waals surface area contributed by atoms with E-state index in [-0.39, 0.29) is 0 Å². The summed E-state index contributed by atoms with van der Waals surface area (Å²) in [4.78, 5) is 7.94. The molecule has 0 aromatic rings. The standard InChI is InChI=1S/C30H67N3O2Si/c1-10-23-31(13-4)26-16-19-30(22-29-36(9,34-7)35-8,20-17-27-32(14-5)24-11-2)21-18-28-33(15-6)25-12-3/h10-29H2,1-9H3. The molecule has 6 heteroatoms. The fourth-order valence-corrected chi connectivity index (χ4v) is 7.35. The molecule has 0 aromatic carbocycles. The summed E-state index contributed by atoms with van der Waals surface area (Å²) in [5, 5.41) is 0. The Bertz CT molecular complexity index is 441. The number of rotatable bonds is 26. The summed E-state index contributed by atoms with van der Waals surface area (Å²) >= 11 is 0. The monoisotopic (exact) mass is 530 g/mol. The van der Waals surface area contributed by atoms with Gasteiger partial charge in [-0.15, -0.1) is 0 Å². The van der Waals surface area contributed by atoms with E-state index in [1.807, 2.05) is 14.2 Å². The van der Waals surface area contributed by atoms with Gasteiger partial charge in [-0.2, -0.15) is 0 Å². The van der Waals surface area contributed by atoms with E-state index >= 15 is 0 Å². The smallest absolute Gasteiger partial charge is 0.334 e. The molecule has 0 saturated carbocycles. The van der Waals surface area contributed by atoms with E-state index in [9.17, 15) is 0 Å². The first-order valence-electron chi connectivity index (χ1n) is 15.6. The molecular weight excluding hydrogens is 462 g/mol. The van der Waals surface area contributed by atoms with Gasteiger partial charge in [0, 0.05) is 14.2 Å². The summed E-state index contributed by atoms with van der Waals surface area (Å²) in [7, 11) is 1.63. The van der Waals surface area contributed by atoms with Crippen molar-refractivity contribution < 1.29 is 8.85 Å². The van der Waals surface area contributed by atoms with Crippen LogP contribution in [-0.2, 0) is 8.85 Å². The van der Waals surface area contributed by atoms with E-state index in [1.165, 1.54) is 123 Å². The molecule has 0 heterocycles. The van der Waals surface area contributed by atoms with E-state index in [4.69, 9.17) is 8.85 Å². The molecule has 0 rings (SSSR count). The van der Waals surface area contributed by atoms with Crippen LogP contribution in [0.5, 0.6) is 0 Å². The summed E-state index contributed by atoms with van der Waals surface area (Å²) in [6.07, 6.45) is 12.9. The highest BCUT2D eigenvalue weighted by Crippen LogP contribution is 2.42. The van der Waals surface area contributed by atoms with Crippen molar-refractivity contribution in [3.05, 3.63) is 0 Å². The average molecular weight is 530 g/mol. The highest BCUT2D eigenvalue weighted by atomic mass is 28.4. The molecule has 0 aliphatic heterocycles. The van der Waals surface area contributed by atoms with Crippen LogP contribution in [0.4, 0.5) is 0 Å². The Hall–Kier alpha value is 0.0169. The van der Waals surface area contributed by atoms with E-state index in [0.717, 1.165) is 6.04 Å². The lowest BCUT2D eigenvalue weighted by Gasteiger charge is -2.38. The summed E-state index contributed by atoms with van der Waals surface area (Å²) in [6, 6.07) is 1.10. The zero-order chi connectivity index (χ0) is 27.3. The highest BCUT2D eigenvalue weighted by molar-refractivity contribution is 6.65. The van der Waals surface area contributed by atoms with Crippen LogP contribution < -0.4 is 0 Å². The van der Waals surface area contributed by atoms with Gasteiger partial charge in [-0.05, 0) is 141 Å². The third-order valence-electron chi connectivity index (χ3n) is 8.48. The maximum absolute atomic E-state index is 5.95. The predicted molar refractivity (Wildman–Crippen MR) is 162 cm³/mol. The van der Waals surface area contributed by atoms with Crippen molar-refractivity contribution in [3.8, 4) is 0 Å². The summed E-state index contributed by atoms with van der Waals surface area (Å²) in [5.74, 6) is 0. The van der Waals surface area contributed by atoms with Crippen LogP contribution in [0.25, 0.3) is 0 Å². The SMILES string of the molecule is CCCN(CC)CCCC(CCCN(CC)CCC)(CCCN(CC)CCC)CC[Si](C)(OC)OC. The van der Waals surface area contributed by atoms with Crippen LogP contribution in [-0.4, -0.2) is 96.4 Å². The first kappa shape index (κ1) is 36.0. The highest BCUT2D eigenvalue weighted by Gasteiger charge is 2.36. The van der Waals surface area contributed by atoms with E-state index in [2.05, 4.69) is 62.8 Å². The molecule has 5 nitrogen and oxygen atoms in total. The Balaban J connectivity index is 5.62. The van der Waals surface area contributed by atoms with Gasteiger partial charge >= 0.3 is 8.56 Å². The third kappa shape index (κ3) is 15.4. The quantitative estimate of drug-likeness (QED) is 0.110. The molecule has 0 aliphatic carbocycles. The second-order valence-corrected chi connectivity index (χ2v) is 14.7. The number of hydrogen-bond acceptors (Lipinski definition) is 5. The van der Waals surface area contributed by atoms with Gasteiger partial charge in [0.2, 0.25) is 0 Å². The summed E-state index contributed by atoms with van der Waals surface area (Å²) < 4.78 is 11.9. The van der Waals surface area contributed by atoms with Gasteiger partial charge in [0.1, 0.15) is 0 Å². The molecule has 0 radical (unpaired) electrons. The van der Waals surface area contributed by atoms with E-state index in [0.29, 0.717) is 5.41 Å². The van der Waals surface area contributed by atoms with Crippen LogP contribution in [0.1, 0.15) is 106 Å². The van der Waals surface area contributed by atoms with Gasteiger partial charge < -0.3 is 23.6 Å². The first-order chi connectivity index (χ1) is 17.3. The number of hydrogen-bond donors (Lipinski definition) is 0. The molecule has 0 N–H and O–H groups in total. The minimum atomic E-state index is -2.08. The lowest BCUT2D eigenvalue weighted by molar-refractivity contribution is 0.148. The molecule has 218 valence electrons. The Morgan fingerprint density at radius 2 is 0.861 bits per heavy atom. The maximum Gasteiger partial charge on any atom is 0.334 e. The predicted octanol–water partition coefficient (Wildman–Crippen LogP) is 7.26. The largest absolute Gasteiger partial charge is 0.398 e. The molecule has 0 aliphatic rings. The van der Waals surface area contributed by atoms with Crippen molar-refractivity contribution >= 4 is 8.56 Å². The maximum atomic E-state index is 5.95. The van der Waals surface area contributed by atoms with Gasteiger partial charge in [-0.3, -0.25) is 0 Å². The van der Waals surface area contributed by atoms with Crippen LogP contribution in [0, 0.1) is 5.41 Å². The van der Waals surface area contributed by atoms with Gasteiger partial charge in [0.15, 0.2) is 0 Å². The second kappa shape index (κ2) is 21.9. The number of nitrogens with zero attached hydrogens (tertiary/aromatic N) is 3. The zero-order valence-electron chi connectivity index (χ0n) is 26.3. The Morgan fingerprint density at radius 1 is 0.528 bits per heavy atom. The Labute approximate surface area is 228 Å². The van der Waals surface area contributed by atoms with Crippen molar-refractivity contribution in [2.24, 2.45) is 5.41 Å². The fraction of sp³-hybridized carbons (Fsp3) is 1.00. The normalized spacial score (nSPS) is 13.0. The van der Waals surface area contributed by atoms with Gasteiger partial charge in [-0.1, -0.05) is 41.5 Å². The van der Waals surface area contributed by atoms with Gasteiger partial charge in [-0.25, -0.2) is 0 Å². The van der Waals surface area contributed by atoms with Crippen molar-refractivity contribution in [3.63, 3.8) is 0 Å². The van der Waals surface area contributed by atoms with Crippen molar-refractivity contribution in [2.75, 3.05) is 73.1 Å². The minimum absolute atomic E-state index is 0.397. The lowest BCUT2D eigenvalue weighted by atomic mass is 9.73. The molecule has 0 amide bonds. The Kier molecular flexibility index (Phi) is 21.9. The first-order valence-corrected chi connectivity index (χ1v) is 18.1. The lowest BCUT2D eigenvalue weighted by Crippen LogP contribution is -2.38. The molecule has 0 atom stereocenters. The second-order valence-electron chi connectivity index (χ2n) is 11.2. The van der Waals surface area contributed by atoms with Crippen molar-refractivity contribution in [2.45, 2.75) is 118 Å². The van der Waals surface area contributed by atoms with Gasteiger partial charge in [0.05, 0.1) is 0 Å². The average Bonchev–Trinajstić information content (AvgIpc) is 2.90. The van der Waals surface area contributed by atoms with Crippen LogP contribution in [0.15, 0.2) is 0 Å². The van der Waals surface area contributed by atoms with E-state index < -0.39 is 8.56 Å². The molecule has 0 fully saturated rings. The van der Waals surface area contributed by atoms with Crippen molar-refractivity contribution in [1.29, 1.82) is 0 Å². The van der Waals surface area contributed by atoms with Gasteiger partial charge in [0.25, 0.3) is 0 Å². The molecule has 0 bridgehead atoms. The van der Waals surface area contributed by atoms with Crippen LogP contribution in [0.3, 0.4) is 0 Å². The molecule has 0 aromatic heterocycles. The molecule has 0 spiro atoms. The minimum Gasteiger partial charge on any atom is -0.398 e. The van der Waals surface area contributed by atoms with Crippen LogP contribution in [0.2, 0.25) is 12.6 Å². The summed E-state index contributed by atoms with van der Waals surface area (Å²) in [5.41, 5.74) is 0.397. The summed E-state index contributed by atoms with van der Waals surface area (Å²) in [6.45, 7) is 27.0. The zero-order valence-corrected chi connectivity index (χ0v) is 27.3. The Morgan fingerprint density at radius 3 is 1.11 bits per heavy atom. The topological polar surface area (TPSA) is 28.2 Å². The molecule has 0 saturated heterocycles. The van der Waals surface area contributed by atoms with Crippen LogP contribution >= 0.6 is 0 Å².